The second-order valence-electron chi connectivity index (χ2n) is 4.14. The van der Waals surface area contributed by atoms with E-state index in [1.807, 2.05) is 19.9 Å². The average Bonchev–Trinajstić information content (AvgIpc) is 2.39. The number of nitrogens with one attached hydrogen (secondary N) is 2. The van der Waals surface area contributed by atoms with Crippen molar-refractivity contribution >= 4 is 12.2 Å². The average molecular weight is 266 g/mol. The third kappa shape index (κ3) is 4.17. The van der Waals surface area contributed by atoms with Gasteiger partial charge in [-0.05, 0) is 23.6 Å². The van der Waals surface area contributed by atoms with Crippen LogP contribution >= 0.6 is 0 Å². The van der Waals surface area contributed by atoms with Crippen molar-refractivity contribution in [2.75, 3.05) is 14.1 Å². The second-order valence-corrected chi connectivity index (χ2v) is 4.14. The van der Waals surface area contributed by atoms with E-state index in [0.717, 1.165) is 5.56 Å². The highest BCUT2D eigenvalue weighted by Gasteiger charge is 2.14. The number of hydrogen-bond acceptors (Lipinski definition) is 4. The number of amides is 2. The SMILES string of the molecule is CNC(=O)Oc1ccc(C(C)C)cc1OC(=O)NC. The van der Waals surface area contributed by atoms with Crippen molar-refractivity contribution in [3.05, 3.63) is 23.8 Å². The maximum Gasteiger partial charge on any atom is 0.412 e. The number of carbonyl (C=O) groups excluding carboxylic acids is 2. The smallest absolute Gasteiger partial charge is 0.406 e. The first-order chi connectivity index (χ1) is 8.97. The van der Waals surface area contributed by atoms with E-state index in [1.165, 1.54) is 14.1 Å². The summed E-state index contributed by atoms with van der Waals surface area (Å²) in [4.78, 5) is 22.5. The van der Waals surface area contributed by atoms with Crippen LogP contribution in [0.25, 0.3) is 0 Å². The van der Waals surface area contributed by atoms with Crippen molar-refractivity contribution < 1.29 is 19.1 Å². The Bertz CT molecular complexity index is 472. The lowest BCUT2D eigenvalue weighted by molar-refractivity contribution is 0.192. The molecule has 0 aliphatic carbocycles. The highest BCUT2D eigenvalue weighted by Crippen LogP contribution is 2.31. The van der Waals surface area contributed by atoms with Crippen LogP contribution in [0.4, 0.5) is 9.59 Å². The van der Waals surface area contributed by atoms with E-state index in [9.17, 15) is 9.59 Å². The van der Waals surface area contributed by atoms with Crippen molar-refractivity contribution in [3.8, 4) is 11.5 Å². The molecule has 0 aromatic heterocycles. The van der Waals surface area contributed by atoms with Crippen LogP contribution in [-0.4, -0.2) is 26.3 Å². The Morgan fingerprint density at radius 3 is 2.00 bits per heavy atom. The van der Waals surface area contributed by atoms with Crippen molar-refractivity contribution in [2.45, 2.75) is 19.8 Å². The monoisotopic (exact) mass is 266 g/mol. The maximum atomic E-state index is 11.3. The Morgan fingerprint density at radius 2 is 1.53 bits per heavy atom. The third-order valence-electron chi connectivity index (χ3n) is 2.45. The fourth-order valence-corrected chi connectivity index (χ4v) is 1.35. The molecule has 6 nitrogen and oxygen atoms in total. The summed E-state index contributed by atoms with van der Waals surface area (Å²) in [5.74, 6) is 0.655. The molecule has 0 aliphatic rings. The van der Waals surface area contributed by atoms with Crippen molar-refractivity contribution in [3.63, 3.8) is 0 Å². The lowest BCUT2D eigenvalue weighted by Gasteiger charge is -2.13. The molecule has 0 saturated carbocycles. The Morgan fingerprint density at radius 1 is 1.00 bits per heavy atom. The second kappa shape index (κ2) is 6.63. The molecule has 0 fully saturated rings. The van der Waals surface area contributed by atoms with Crippen LogP contribution < -0.4 is 20.1 Å². The summed E-state index contributed by atoms with van der Waals surface area (Å²) in [6.45, 7) is 4.02. The highest BCUT2D eigenvalue weighted by molar-refractivity contribution is 5.74. The molecule has 0 spiro atoms. The van der Waals surface area contributed by atoms with Crippen molar-refractivity contribution in [2.24, 2.45) is 0 Å². The molecule has 1 aromatic rings. The molecule has 0 atom stereocenters. The first kappa shape index (κ1) is 14.8. The molecule has 0 aliphatic heterocycles. The number of ether oxygens (including phenoxy) is 2. The normalized spacial score (nSPS) is 9.95. The van der Waals surface area contributed by atoms with Gasteiger partial charge in [-0.3, -0.25) is 0 Å². The van der Waals surface area contributed by atoms with Gasteiger partial charge in [0.05, 0.1) is 0 Å². The molecule has 104 valence electrons. The van der Waals surface area contributed by atoms with Gasteiger partial charge in [0.25, 0.3) is 0 Å². The minimum Gasteiger partial charge on any atom is -0.406 e. The van der Waals surface area contributed by atoms with E-state index >= 15 is 0 Å². The van der Waals surface area contributed by atoms with E-state index in [4.69, 9.17) is 9.47 Å². The van der Waals surface area contributed by atoms with Crippen LogP contribution in [-0.2, 0) is 0 Å². The fourth-order valence-electron chi connectivity index (χ4n) is 1.35. The van der Waals surface area contributed by atoms with Gasteiger partial charge in [-0.2, -0.15) is 0 Å². The molecule has 2 amide bonds. The largest absolute Gasteiger partial charge is 0.412 e. The summed E-state index contributed by atoms with van der Waals surface area (Å²) in [5.41, 5.74) is 0.975. The Hall–Kier alpha value is -2.24. The van der Waals surface area contributed by atoms with Crippen LogP contribution in [0.5, 0.6) is 11.5 Å². The quantitative estimate of drug-likeness (QED) is 0.879. The topological polar surface area (TPSA) is 76.7 Å². The van der Waals surface area contributed by atoms with Gasteiger partial charge in [0, 0.05) is 14.1 Å². The lowest BCUT2D eigenvalue weighted by atomic mass is 10.0. The highest BCUT2D eigenvalue weighted by atomic mass is 16.6. The fraction of sp³-hybridized carbons (Fsp3) is 0.385. The van der Waals surface area contributed by atoms with Crippen LogP contribution in [0.1, 0.15) is 25.3 Å². The third-order valence-corrected chi connectivity index (χ3v) is 2.45. The molecule has 0 saturated heterocycles. The number of hydrogen-bond donors (Lipinski definition) is 2. The standard InChI is InChI=1S/C13H18N2O4/c1-8(2)9-5-6-10(18-12(16)14-3)11(7-9)19-13(17)15-4/h5-8H,1-4H3,(H,14,16)(H,15,17). The summed E-state index contributed by atoms with van der Waals surface area (Å²) in [5, 5.41) is 4.67. The Balaban J connectivity index is 3.07. The van der Waals surface area contributed by atoms with E-state index in [2.05, 4.69) is 10.6 Å². The molecular weight excluding hydrogens is 248 g/mol. The van der Waals surface area contributed by atoms with Crippen molar-refractivity contribution in [1.82, 2.24) is 10.6 Å². The van der Waals surface area contributed by atoms with Gasteiger partial charge >= 0.3 is 12.2 Å². The molecule has 0 unspecified atom stereocenters. The van der Waals surface area contributed by atoms with E-state index in [-0.39, 0.29) is 17.4 Å². The molecule has 6 heteroatoms. The van der Waals surface area contributed by atoms with Gasteiger partial charge < -0.3 is 20.1 Å². The molecule has 19 heavy (non-hydrogen) atoms. The predicted molar refractivity (Wildman–Crippen MR) is 70.7 cm³/mol. The molecular formula is C13H18N2O4. The molecule has 0 bridgehead atoms. The summed E-state index contributed by atoms with van der Waals surface area (Å²) in [6, 6.07) is 5.10. The molecule has 1 aromatic carbocycles. The summed E-state index contributed by atoms with van der Waals surface area (Å²) < 4.78 is 10.1. The zero-order valence-corrected chi connectivity index (χ0v) is 11.4. The van der Waals surface area contributed by atoms with Crippen molar-refractivity contribution in [1.29, 1.82) is 0 Å². The van der Waals surface area contributed by atoms with E-state index in [0.29, 0.717) is 0 Å². The van der Waals surface area contributed by atoms with E-state index < -0.39 is 12.2 Å². The maximum absolute atomic E-state index is 11.3. The Labute approximate surface area is 112 Å². The zero-order chi connectivity index (χ0) is 14.4. The summed E-state index contributed by atoms with van der Waals surface area (Å²) in [6.07, 6.45) is -1.25. The zero-order valence-electron chi connectivity index (χ0n) is 11.4. The van der Waals surface area contributed by atoms with Gasteiger partial charge in [0.2, 0.25) is 0 Å². The molecule has 1 rings (SSSR count). The minimum atomic E-state index is -0.626. The first-order valence-electron chi connectivity index (χ1n) is 5.91. The number of benzene rings is 1. The lowest BCUT2D eigenvalue weighted by Crippen LogP contribution is -2.24. The minimum absolute atomic E-state index is 0.187. The number of carbonyl (C=O) groups is 2. The number of rotatable bonds is 3. The Kier molecular flexibility index (Phi) is 5.17. The van der Waals surface area contributed by atoms with Crippen LogP contribution in [0.2, 0.25) is 0 Å². The van der Waals surface area contributed by atoms with Crippen LogP contribution in [0, 0.1) is 0 Å². The summed E-state index contributed by atoms with van der Waals surface area (Å²) in [7, 11) is 2.90. The van der Waals surface area contributed by atoms with Gasteiger partial charge in [-0.1, -0.05) is 19.9 Å². The molecule has 0 radical (unpaired) electrons. The first-order valence-corrected chi connectivity index (χ1v) is 5.91. The molecule has 2 N–H and O–H groups in total. The summed E-state index contributed by atoms with van der Waals surface area (Å²) >= 11 is 0. The van der Waals surface area contributed by atoms with Crippen LogP contribution in [0.15, 0.2) is 18.2 Å². The van der Waals surface area contributed by atoms with E-state index in [1.54, 1.807) is 12.1 Å². The van der Waals surface area contributed by atoms with Gasteiger partial charge in [-0.25, -0.2) is 9.59 Å². The van der Waals surface area contributed by atoms with Gasteiger partial charge in [0.1, 0.15) is 0 Å². The predicted octanol–water partition coefficient (Wildman–Crippen LogP) is 2.25. The van der Waals surface area contributed by atoms with Gasteiger partial charge in [-0.15, -0.1) is 0 Å². The van der Waals surface area contributed by atoms with Crippen LogP contribution in [0.3, 0.4) is 0 Å². The van der Waals surface area contributed by atoms with Gasteiger partial charge in [0.15, 0.2) is 11.5 Å². The molecule has 0 heterocycles.